The second-order valence-corrected chi connectivity index (χ2v) is 4.30. The van der Waals surface area contributed by atoms with Crippen molar-refractivity contribution in [3.63, 3.8) is 0 Å². The first kappa shape index (κ1) is 11.5. The van der Waals surface area contributed by atoms with E-state index in [0.29, 0.717) is 0 Å². The lowest BCUT2D eigenvalue weighted by Gasteiger charge is -2.09. The predicted octanol–water partition coefficient (Wildman–Crippen LogP) is 3.00. The van der Waals surface area contributed by atoms with Gasteiger partial charge in [-0.3, -0.25) is 0 Å². The maximum absolute atomic E-state index is 5.84. The van der Waals surface area contributed by atoms with Gasteiger partial charge >= 0.3 is 0 Å². The van der Waals surface area contributed by atoms with Crippen LogP contribution >= 0.6 is 0 Å². The molecule has 0 bridgehead atoms. The number of nitrogens with two attached hydrogens (primary N) is 2. The summed E-state index contributed by atoms with van der Waals surface area (Å²) in [5.74, 6) is 0. The van der Waals surface area contributed by atoms with Gasteiger partial charge in [-0.2, -0.15) is 0 Å². The van der Waals surface area contributed by atoms with Crippen LogP contribution in [0.5, 0.6) is 0 Å². The zero-order chi connectivity index (χ0) is 12.3. The van der Waals surface area contributed by atoms with Crippen LogP contribution in [0.3, 0.4) is 0 Å². The van der Waals surface area contributed by atoms with Crippen LogP contribution in [0, 0.1) is 0 Å². The summed E-state index contributed by atoms with van der Waals surface area (Å²) >= 11 is 0. The molecular weight excluding hydrogens is 208 g/mol. The summed E-state index contributed by atoms with van der Waals surface area (Å²) in [4.78, 5) is 0. The maximum atomic E-state index is 5.84. The molecule has 0 amide bonds. The second kappa shape index (κ2) is 4.91. The van der Waals surface area contributed by atoms with Crippen LogP contribution in [0.25, 0.3) is 0 Å². The molecule has 0 fully saturated rings. The van der Waals surface area contributed by atoms with Crippen LogP contribution in [0.2, 0.25) is 0 Å². The fourth-order valence-electron chi connectivity index (χ4n) is 2.01. The molecule has 0 heterocycles. The minimum Gasteiger partial charge on any atom is -0.399 e. The van der Waals surface area contributed by atoms with Crippen molar-refractivity contribution < 1.29 is 0 Å². The summed E-state index contributed by atoms with van der Waals surface area (Å²) in [5.41, 5.74) is 17.1. The summed E-state index contributed by atoms with van der Waals surface area (Å²) in [6, 6.07) is 14.2. The molecule has 0 aliphatic carbocycles. The van der Waals surface area contributed by atoms with Gasteiger partial charge < -0.3 is 11.5 Å². The number of nitrogen functional groups attached to an aromatic ring is 2. The summed E-state index contributed by atoms with van der Waals surface area (Å²) < 4.78 is 0. The van der Waals surface area contributed by atoms with Gasteiger partial charge in [0.2, 0.25) is 0 Å². The Morgan fingerprint density at radius 2 is 1.47 bits per heavy atom. The molecule has 0 saturated heterocycles. The highest BCUT2D eigenvalue weighted by molar-refractivity contribution is 5.47. The van der Waals surface area contributed by atoms with Crippen molar-refractivity contribution in [2.24, 2.45) is 0 Å². The molecule has 17 heavy (non-hydrogen) atoms. The average Bonchev–Trinajstić information content (AvgIpc) is 2.32. The molecule has 2 aromatic carbocycles. The van der Waals surface area contributed by atoms with Gasteiger partial charge in [-0.15, -0.1) is 0 Å². The van der Waals surface area contributed by atoms with Crippen LogP contribution in [0.4, 0.5) is 11.4 Å². The largest absolute Gasteiger partial charge is 0.399 e. The quantitative estimate of drug-likeness (QED) is 0.790. The van der Waals surface area contributed by atoms with Crippen molar-refractivity contribution in [2.75, 3.05) is 11.5 Å². The van der Waals surface area contributed by atoms with Gasteiger partial charge in [0, 0.05) is 11.4 Å². The molecule has 0 aliphatic heterocycles. The van der Waals surface area contributed by atoms with Gasteiger partial charge in [0.25, 0.3) is 0 Å². The molecule has 0 atom stereocenters. The fraction of sp³-hybridized carbons (Fsp3) is 0.200. The van der Waals surface area contributed by atoms with Crippen LogP contribution < -0.4 is 11.5 Å². The number of hydrogen-bond acceptors (Lipinski definition) is 2. The van der Waals surface area contributed by atoms with Gasteiger partial charge in [-0.25, -0.2) is 0 Å². The average molecular weight is 226 g/mol. The minimum atomic E-state index is 0.803. The molecule has 88 valence electrons. The molecule has 0 aliphatic rings. The molecule has 2 heteroatoms. The number of anilines is 2. The van der Waals surface area contributed by atoms with Gasteiger partial charge in [-0.05, 0) is 53.8 Å². The minimum absolute atomic E-state index is 0.803. The zero-order valence-corrected chi connectivity index (χ0v) is 10.1. The van der Waals surface area contributed by atoms with Crippen LogP contribution in [0.15, 0.2) is 42.5 Å². The monoisotopic (exact) mass is 226 g/mol. The van der Waals surface area contributed by atoms with Crippen molar-refractivity contribution in [2.45, 2.75) is 19.8 Å². The summed E-state index contributed by atoms with van der Waals surface area (Å²) in [6.07, 6.45) is 1.94. The van der Waals surface area contributed by atoms with Crippen molar-refractivity contribution in [3.05, 3.63) is 59.2 Å². The number of hydrogen-bond donors (Lipinski definition) is 2. The highest BCUT2D eigenvalue weighted by atomic mass is 14.5. The molecule has 2 nitrogen and oxygen atoms in total. The van der Waals surface area contributed by atoms with E-state index in [1.54, 1.807) is 0 Å². The van der Waals surface area contributed by atoms with Crippen LogP contribution in [0.1, 0.15) is 23.6 Å². The lowest BCUT2D eigenvalue weighted by molar-refractivity contribution is 1.06. The zero-order valence-electron chi connectivity index (χ0n) is 10.1. The topological polar surface area (TPSA) is 52.0 Å². The van der Waals surface area contributed by atoms with Crippen LogP contribution in [-0.4, -0.2) is 0 Å². The van der Waals surface area contributed by atoms with E-state index in [1.165, 1.54) is 16.7 Å². The fourth-order valence-corrected chi connectivity index (χ4v) is 2.01. The lowest BCUT2D eigenvalue weighted by Crippen LogP contribution is -1.97. The molecule has 4 N–H and O–H groups in total. The second-order valence-electron chi connectivity index (χ2n) is 4.30. The SMILES string of the molecule is CCc1ccc(N)cc1Cc1ccc(N)cc1. The van der Waals surface area contributed by atoms with E-state index in [1.807, 2.05) is 18.2 Å². The van der Waals surface area contributed by atoms with E-state index in [2.05, 4.69) is 31.2 Å². The molecular formula is C15H18N2. The first-order valence-corrected chi connectivity index (χ1v) is 5.90. The molecule has 0 radical (unpaired) electrons. The summed E-state index contributed by atoms with van der Waals surface area (Å²) in [6.45, 7) is 2.16. The first-order valence-electron chi connectivity index (χ1n) is 5.90. The maximum Gasteiger partial charge on any atom is 0.0317 e. The Kier molecular flexibility index (Phi) is 3.33. The van der Waals surface area contributed by atoms with Crippen molar-refractivity contribution in [1.29, 1.82) is 0 Å². The van der Waals surface area contributed by atoms with E-state index in [-0.39, 0.29) is 0 Å². The highest BCUT2D eigenvalue weighted by Gasteiger charge is 2.03. The normalized spacial score (nSPS) is 10.4. The predicted molar refractivity (Wildman–Crippen MR) is 73.9 cm³/mol. The molecule has 0 aromatic heterocycles. The van der Waals surface area contributed by atoms with E-state index in [4.69, 9.17) is 11.5 Å². The molecule has 0 spiro atoms. The number of aryl methyl sites for hydroxylation is 1. The Morgan fingerprint density at radius 1 is 0.824 bits per heavy atom. The summed E-state index contributed by atoms with van der Waals surface area (Å²) in [7, 11) is 0. The Labute approximate surface area is 102 Å². The Hall–Kier alpha value is -1.96. The van der Waals surface area contributed by atoms with E-state index < -0.39 is 0 Å². The third-order valence-corrected chi connectivity index (χ3v) is 2.99. The van der Waals surface area contributed by atoms with E-state index >= 15 is 0 Å². The van der Waals surface area contributed by atoms with Crippen molar-refractivity contribution >= 4 is 11.4 Å². The number of rotatable bonds is 3. The molecule has 0 saturated carbocycles. The standard InChI is InChI=1S/C15H18N2/c1-2-12-5-8-15(17)10-13(12)9-11-3-6-14(16)7-4-11/h3-8,10H,2,9,16-17H2,1H3. The van der Waals surface area contributed by atoms with Crippen LogP contribution in [-0.2, 0) is 12.8 Å². The first-order chi connectivity index (χ1) is 8.19. The van der Waals surface area contributed by atoms with Gasteiger partial charge in [-0.1, -0.05) is 25.1 Å². The van der Waals surface area contributed by atoms with Gasteiger partial charge in [0.05, 0.1) is 0 Å². The third-order valence-electron chi connectivity index (χ3n) is 2.99. The molecule has 0 unspecified atom stereocenters. The lowest BCUT2D eigenvalue weighted by atomic mass is 9.97. The van der Waals surface area contributed by atoms with E-state index in [9.17, 15) is 0 Å². The number of benzene rings is 2. The van der Waals surface area contributed by atoms with Crippen molar-refractivity contribution in [3.8, 4) is 0 Å². The Morgan fingerprint density at radius 3 is 2.12 bits per heavy atom. The smallest absolute Gasteiger partial charge is 0.0317 e. The van der Waals surface area contributed by atoms with Gasteiger partial charge in [0.1, 0.15) is 0 Å². The van der Waals surface area contributed by atoms with Gasteiger partial charge in [0.15, 0.2) is 0 Å². The molecule has 2 rings (SSSR count). The third kappa shape index (κ3) is 2.78. The Balaban J connectivity index is 2.28. The van der Waals surface area contributed by atoms with Crippen molar-refractivity contribution in [1.82, 2.24) is 0 Å². The summed E-state index contributed by atoms with van der Waals surface area (Å²) in [5, 5.41) is 0. The highest BCUT2D eigenvalue weighted by Crippen LogP contribution is 2.19. The van der Waals surface area contributed by atoms with E-state index in [0.717, 1.165) is 24.2 Å². The molecule has 2 aromatic rings. The Bertz CT molecular complexity index is 501.